The summed E-state index contributed by atoms with van der Waals surface area (Å²) in [6, 6.07) is 2.44. The lowest BCUT2D eigenvalue weighted by Gasteiger charge is -2.02. The van der Waals surface area contributed by atoms with Gasteiger partial charge in [0.15, 0.2) is 0 Å². The zero-order valence-corrected chi connectivity index (χ0v) is 6.94. The lowest BCUT2D eigenvalue weighted by molar-refractivity contribution is 0.1000. The van der Waals surface area contributed by atoms with Gasteiger partial charge in [-0.15, -0.1) is 4.91 Å². The third-order valence-corrected chi connectivity index (χ3v) is 1.74. The van der Waals surface area contributed by atoms with Crippen LogP contribution in [0.2, 0.25) is 0 Å². The number of rotatable bonds is 2. The first kappa shape index (κ1) is 9.18. The Hall–Kier alpha value is -1.91. The van der Waals surface area contributed by atoms with Crippen LogP contribution < -0.4 is 5.73 Å². The number of phenols is 1. The zero-order chi connectivity index (χ0) is 10.0. The standard InChI is InChI=1S/C8H8N2O3/c1-4-6(10-13)2-5(8(9)12)3-7(4)11/h2-3,11H,1H3,(H2,9,12). The van der Waals surface area contributed by atoms with Gasteiger partial charge in [-0.1, -0.05) is 0 Å². The second-order valence-corrected chi connectivity index (χ2v) is 2.60. The van der Waals surface area contributed by atoms with E-state index < -0.39 is 5.91 Å². The molecule has 0 saturated carbocycles. The second-order valence-electron chi connectivity index (χ2n) is 2.60. The van der Waals surface area contributed by atoms with Crippen molar-refractivity contribution in [2.45, 2.75) is 6.92 Å². The third kappa shape index (κ3) is 1.64. The van der Waals surface area contributed by atoms with E-state index in [1.807, 2.05) is 0 Å². The molecule has 0 unspecified atom stereocenters. The number of nitroso groups, excluding NO2 is 1. The minimum absolute atomic E-state index is 0.0220. The highest BCUT2D eigenvalue weighted by Gasteiger charge is 2.09. The summed E-state index contributed by atoms with van der Waals surface area (Å²) in [5, 5.41) is 11.9. The van der Waals surface area contributed by atoms with E-state index in [2.05, 4.69) is 5.18 Å². The molecule has 13 heavy (non-hydrogen) atoms. The number of amides is 1. The average molecular weight is 180 g/mol. The summed E-state index contributed by atoms with van der Waals surface area (Å²) >= 11 is 0. The first-order valence-corrected chi connectivity index (χ1v) is 3.53. The number of hydrogen-bond acceptors (Lipinski definition) is 4. The molecule has 5 nitrogen and oxygen atoms in total. The number of benzene rings is 1. The van der Waals surface area contributed by atoms with E-state index in [4.69, 9.17) is 5.73 Å². The van der Waals surface area contributed by atoms with Gasteiger partial charge in [0.05, 0.1) is 0 Å². The molecule has 0 atom stereocenters. The van der Waals surface area contributed by atoms with Crippen LogP contribution in [0, 0.1) is 11.8 Å². The van der Waals surface area contributed by atoms with Crippen molar-refractivity contribution in [3.63, 3.8) is 0 Å². The number of aromatic hydroxyl groups is 1. The van der Waals surface area contributed by atoms with Crippen LogP contribution >= 0.6 is 0 Å². The number of primary amides is 1. The molecule has 1 aromatic carbocycles. The summed E-state index contributed by atoms with van der Waals surface area (Å²) in [5.41, 5.74) is 5.39. The Labute approximate surface area is 74.2 Å². The molecule has 0 fully saturated rings. The van der Waals surface area contributed by atoms with Crippen molar-refractivity contribution in [3.8, 4) is 5.75 Å². The fraction of sp³-hybridized carbons (Fsp3) is 0.125. The molecule has 0 radical (unpaired) electrons. The molecule has 0 spiro atoms. The number of nitrogens with zero attached hydrogens (tertiary/aromatic N) is 1. The molecule has 1 amide bonds. The lowest BCUT2D eigenvalue weighted by Crippen LogP contribution is -2.10. The minimum atomic E-state index is -0.708. The maximum atomic E-state index is 10.7. The Morgan fingerprint density at radius 3 is 2.62 bits per heavy atom. The molecule has 0 aliphatic rings. The molecule has 68 valence electrons. The van der Waals surface area contributed by atoms with E-state index in [1.54, 1.807) is 0 Å². The SMILES string of the molecule is Cc1c(O)cc(C(N)=O)cc1N=O. The van der Waals surface area contributed by atoms with Gasteiger partial charge < -0.3 is 10.8 Å². The monoisotopic (exact) mass is 180 g/mol. The molecule has 0 aliphatic carbocycles. The van der Waals surface area contributed by atoms with Gasteiger partial charge in [0.1, 0.15) is 11.4 Å². The van der Waals surface area contributed by atoms with Gasteiger partial charge in [-0.25, -0.2) is 0 Å². The Bertz CT molecular complexity index is 374. The predicted molar refractivity (Wildman–Crippen MR) is 46.8 cm³/mol. The van der Waals surface area contributed by atoms with E-state index >= 15 is 0 Å². The highest BCUT2D eigenvalue weighted by Crippen LogP contribution is 2.28. The molecule has 0 aliphatic heterocycles. The minimum Gasteiger partial charge on any atom is -0.508 e. The quantitative estimate of drug-likeness (QED) is 0.669. The van der Waals surface area contributed by atoms with Crippen molar-refractivity contribution in [2.24, 2.45) is 10.9 Å². The molecule has 0 saturated heterocycles. The van der Waals surface area contributed by atoms with Crippen LogP contribution in [0.25, 0.3) is 0 Å². The first-order valence-electron chi connectivity index (χ1n) is 3.53. The molecule has 0 heterocycles. The van der Waals surface area contributed by atoms with Crippen molar-refractivity contribution < 1.29 is 9.90 Å². The zero-order valence-electron chi connectivity index (χ0n) is 6.94. The Morgan fingerprint density at radius 1 is 1.54 bits per heavy atom. The van der Waals surface area contributed by atoms with E-state index in [-0.39, 0.29) is 17.0 Å². The molecular formula is C8H8N2O3. The van der Waals surface area contributed by atoms with Crippen LogP contribution in [-0.2, 0) is 0 Å². The van der Waals surface area contributed by atoms with Crippen molar-refractivity contribution in [1.82, 2.24) is 0 Å². The average Bonchev–Trinajstić information content (AvgIpc) is 2.09. The topological polar surface area (TPSA) is 92.8 Å². The van der Waals surface area contributed by atoms with Gasteiger partial charge in [-0.05, 0) is 24.2 Å². The Kier molecular flexibility index (Phi) is 2.27. The fourth-order valence-electron chi connectivity index (χ4n) is 0.921. The van der Waals surface area contributed by atoms with Crippen LogP contribution in [0.3, 0.4) is 0 Å². The smallest absolute Gasteiger partial charge is 0.248 e. The third-order valence-electron chi connectivity index (χ3n) is 1.74. The van der Waals surface area contributed by atoms with Gasteiger partial charge in [0.2, 0.25) is 5.91 Å². The highest BCUT2D eigenvalue weighted by atomic mass is 16.3. The number of hydrogen-bond donors (Lipinski definition) is 2. The maximum Gasteiger partial charge on any atom is 0.248 e. The molecular weight excluding hydrogens is 172 g/mol. The number of carbonyl (C=O) groups excluding carboxylic acids is 1. The maximum absolute atomic E-state index is 10.7. The van der Waals surface area contributed by atoms with Crippen LogP contribution in [0.1, 0.15) is 15.9 Å². The van der Waals surface area contributed by atoms with Crippen LogP contribution in [-0.4, -0.2) is 11.0 Å². The number of carbonyl (C=O) groups is 1. The van der Waals surface area contributed by atoms with Crippen molar-refractivity contribution in [2.75, 3.05) is 0 Å². The van der Waals surface area contributed by atoms with E-state index in [0.29, 0.717) is 5.56 Å². The van der Waals surface area contributed by atoms with Gasteiger partial charge in [0.25, 0.3) is 0 Å². The predicted octanol–water partition coefficient (Wildman–Crippen LogP) is 1.20. The van der Waals surface area contributed by atoms with Gasteiger partial charge >= 0.3 is 0 Å². The molecule has 0 aromatic heterocycles. The summed E-state index contributed by atoms with van der Waals surface area (Å²) in [7, 11) is 0. The molecule has 1 rings (SSSR count). The van der Waals surface area contributed by atoms with Crippen LogP contribution in [0.4, 0.5) is 5.69 Å². The Morgan fingerprint density at radius 2 is 2.15 bits per heavy atom. The van der Waals surface area contributed by atoms with E-state index in [9.17, 15) is 14.8 Å². The summed E-state index contributed by atoms with van der Waals surface area (Å²) < 4.78 is 0. The van der Waals surface area contributed by atoms with Gasteiger partial charge in [-0.3, -0.25) is 4.79 Å². The lowest BCUT2D eigenvalue weighted by atomic mass is 10.1. The van der Waals surface area contributed by atoms with Crippen LogP contribution in [0.5, 0.6) is 5.75 Å². The molecule has 0 bridgehead atoms. The first-order chi connectivity index (χ1) is 6.06. The molecule has 3 N–H and O–H groups in total. The summed E-state index contributed by atoms with van der Waals surface area (Å²) in [6.45, 7) is 1.52. The number of nitrogens with two attached hydrogens (primary N) is 1. The van der Waals surface area contributed by atoms with Crippen LogP contribution in [0.15, 0.2) is 17.3 Å². The fourth-order valence-corrected chi connectivity index (χ4v) is 0.921. The summed E-state index contributed by atoms with van der Waals surface area (Å²) in [4.78, 5) is 20.9. The molecule has 5 heteroatoms. The van der Waals surface area contributed by atoms with Crippen molar-refractivity contribution in [3.05, 3.63) is 28.2 Å². The largest absolute Gasteiger partial charge is 0.508 e. The molecule has 1 aromatic rings. The highest BCUT2D eigenvalue weighted by molar-refractivity contribution is 5.94. The Balaban J connectivity index is 3.38. The van der Waals surface area contributed by atoms with Crippen molar-refractivity contribution >= 4 is 11.6 Å². The second kappa shape index (κ2) is 3.22. The number of phenolic OH excluding ortho intramolecular Hbond substituents is 1. The normalized spacial score (nSPS) is 9.62. The summed E-state index contributed by atoms with van der Waals surface area (Å²) in [5.74, 6) is -0.869. The van der Waals surface area contributed by atoms with Crippen molar-refractivity contribution in [1.29, 1.82) is 0 Å². The summed E-state index contributed by atoms with van der Waals surface area (Å²) in [6.07, 6.45) is 0. The van der Waals surface area contributed by atoms with E-state index in [0.717, 1.165) is 0 Å². The van der Waals surface area contributed by atoms with Gasteiger partial charge in [0, 0.05) is 11.1 Å². The van der Waals surface area contributed by atoms with E-state index in [1.165, 1.54) is 19.1 Å². The van der Waals surface area contributed by atoms with Gasteiger partial charge in [-0.2, -0.15) is 0 Å².